The number of rotatable bonds is 8. The van der Waals surface area contributed by atoms with Crippen molar-refractivity contribution in [3.05, 3.63) is 59.1 Å². The molecule has 3 aromatic rings. The van der Waals surface area contributed by atoms with Crippen LogP contribution in [0.25, 0.3) is 10.9 Å². The van der Waals surface area contributed by atoms with E-state index in [1.165, 1.54) is 13.8 Å². The molecule has 158 valence electrons. The van der Waals surface area contributed by atoms with E-state index in [9.17, 15) is 13.2 Å². The van der Waals surface area contributed by atoms with E-state index in [2.05, 4.69) is 25.2 Å². The fourth-order valence-corrected chi connectivity index (χ4v) is 3.04. The number of amides is 1. The molecule has 0 spiro atoms. The predicted octanol–water partition coefficient (Wildman–Crippen LogP) is 3.95. The van der Waals surface area contributed by atoms with Crippen molar-refractivity contribution in [3.8, 4) is 17.4 Å². The second kappa shape index (κ2) is 9.41. The number of aromatic nitrogens is 1. The molecular weight excluding hydrogens is 476 g/mol. The van der Waals surface area contributed by atoms with E-state index in [0.717, 1.165) is 15.4 Å². The van der Waals surface area contributed by atoms with E-state index in [1.54, 1.807) is 30.3 Å². The molecule has 1 N–H and O–H groups in total. The fraction of sp³-hybridized carbons (Fsp3) is 0.200. The lowest BCUT2D eigenvalue weighted by atomic mass is 10.2. The molecule has 2 aromatic carbocycles. The highest BCUT2D eigenvalue weighted by Gasteiger charge is 2.20. The van der Waals surface area contributed by atoms with Gasteiger partial charge in [-0.2, -0.15) is 8.42 Å². The SMILES string of the molecule is CCS(=O)(=O)ONC(=O)C(C)Oc1ccccc1Oc1ccc2ccc(Br)cc2n1. The van der Waals surface area contributed by atoms with Gasteiger partial charge in [0.05, 0.1) is 11.3 Å². The van der Waals surface area contributed by atoms with Gasteiger partial charge in [-0.3, -0.25) is 4.79 Å². The average Bonchev–Trinajstić information content (AvgIpc) is 2.73. The van der Waals surface area contributed by atoms with E-state index < -0.39 is 22.1 Å². The summed E-state index contributed by atoms with van der Waals surface area (Å²) >= 11 is 3.42. The number of hydroxylamine groups is 1. The number of halogens is 1. The van der Waals surface area contributed by atoms with Gasteiger partial charge in [-0.25, -0.2) is 10.5 Å². The molecule has 0 bridgehead atoms. The van der Waals surface area contributed by atoms with Crippen molar-refractivity contribution >= 4 is 42.9 Å². The summed E-state index contributed by atoms with van der Waals surface area (Å²) in [6, 6.07) is 16.1. The third kappa shape index (κ3) is 5.68. The van der Waals surface area contributed by atoms with Crippen molar-refractivity contribution in [2.45, 2.75) is 20.0 Å². The molecule has 0 fully saturated rings. The Bertz CT molecular complexity index is 1170. The summed E-state index contributed by atoms with van der Waals surface area (Å²) in [6.45, 7) is 2.86. The Hall–Kier alpha value is -2.69. The largest absolute Gasteiger partial charge is 0.477 e. The third-order valence-corrected chi connectivity index (χ3v) is 5.53. The standard InChI is InChI=1S/C20H19BrN2O6S/c1-3-30(25,26)29-23-20(24)13(2)27-17-6-4-5-7-18(17)28-19-11-9-14-8-10-15(21)12-16(14)22-19/h4-13H,3H2,1-2H3,(H,23,24). The minimum atomic E-state index is -3.81. The summed E-state index contributed by atoms with van der Waals surface area (Å²) in [6.07, 6.45) is -1.04. The van der Waals surface area contributed by atoms with Gasteiger partial charge in [-0.05, 0) is 44.2 Å². The normalized spacial score (nSPS) is 12.4. The predicted molar refractivity (Wildman–Crippen MR) is 115 cm³/mol. The Morgan fingerprint density at radius 2 is 1.83 bits per heavy atom. The first-order valence-electron chi connectivity index (χ1n) is 8.98. The highest BCUT2D eigenvalue weighted by Crippen LogP contribution is 2.32. The number of hydrogen-bond donors (Lipinski definition) is 1. The summed E-state index contributed by atoms with van der Waals surface area (Å²) in [5.74, 6) is -0.0357. The Balaban J connectivity index is 1.73. The zero-order chi connectivity index (χ0) is 21.7. The smallest absolute Gasteiger partial charge is 0.287 e. The maximum Gasteiger partial charge on any atom is 0.287 e. The molecule has 1 heterocycles. The van der Waals surface area contributed by atoms with E-state index in [0.29, 0.717) is 11.6 Å². The molecule has 30 heavy (non-hydrogen) atoms. The van der Waals surface area contributed by atoms with Crippen molar-refractivity contribution in [1.29, 1.82) is 0 Å². The van der Waals surface area contributed by atoms with Gasteiger partial charge >= 0.3 is 0 Å². The molecule has 1 amide bonds. The van der Waals surface area contributed by atoms with Gasteiger partial charge in [0, 0.05) is 15.9 Å². The van der Waals surface area contributed by atoms with Crippen LogP contribution in [-0.4, -0.2) is 31.2 Å². The van der Waals surface area contributed by atoms with Crippen LogP contribution >= 0.6 is 15.9 Å². The Labute approximate surface area is 182 Å². The molecule has 3 rings (SSSR count). The number of nitrogens with one attached hydrogen (secondary N) is 1. The quantitative estimate of drug-likeness (QED) is 0.472. The van der Waals surface area contributed by atoms with Crippen LogP contribution in [-0.2, 0) is 19.2 Å². The van der Waals surface area contributed by atoms with E-state index >= 15 is 0 Å². The molecule has 0 aliphatic carbocycles. The second-order valence-corrected chi connectivity index (χ2v) is 8.97. The molecule has 0 radical (unpaired) electrons. The Morgan fingerprint density at radius 1 is 1.13 bits per heavy atom. The zero-order valence-corrected chi connectivity index (χ0v) is 18.6. The molecule has 0 aliphatic rings. The Morgan fingerprint density at radius 3 is 2.57 bits per heavy atom. The number of pyridine rings is 1. The first kappa shape index (κ1) is 22.0. The van der Waals surface area contributed by atoms with Gasteiger partial charge in [-0.1, -0.05) is 34.1 Å². The number of ether oxygens (including phenoxy) is 2. The molecule has 0 saturated carbocycles. The summed E-state index contributed by atoms with van der Waals surface area (Å²) in [7, 11) is -3.81. The van der Waals surface area contributed by atoms with Gasteiger partial charge in [0.15, 0.2) is 17.6 Å². The van der Waals surface area contributed by atoms with Crippen LogP contribution in [0.1, 0.15) is 13.8 Å². The minimum absolute atomic E-state index is 0.269. The van der Waals surface area contributed by atoms with Gasteiger partial charge in [0.25, 0.3) is 16.0 Å². The van der Waals surface area contributed by atoms with Crippen LogP contribution in [0.5, 0.6) is 17.4 Å². The molecular formula is C20H19BrN2O6S. The number of carbonyl (C=O) groups excluding carboxylic acids is 1. The highest BCUT2D eigenvalue weighted by atomic mass is 79.9. The number of para-hydroxylation sites is 2. The van der Waals surface area contributed by atoms with Gasteiger partial charge < -0.3 is 9.47 Å². The third-order valence-electron chi connectivity index (χ3n) is 3.99. The molecule has 0 aliphatic heterocycles. The maximum atomic E-state index is 12.1. The Kier molecular flexibility index (Phi) is 6.91. The second-order valence-electron chi connectivity index (χ2n) is 6.19. The van der Waals surface area contributed by atoms with Gasteiger partial charge in [0.1, 0.15) is 0 Å². The minimum Gasteiger partial charge on any atom is -0.477 e. The molecule has 1 unspecified atom stereocenters. The molecule has 0 saturated heterocycles. The number of carbonyl (C=O) groups is 1. The van der Waals surface area contributed by atoms with Crippen molar-refractivity contribution in [1.82, 2.24) is 10.5 Å². The van der Waals surface area contributed by atoms with Gasteiger partial charge in [0.2, 0.25) is 5.88 Å². The zero-order valence-electron chi connectivity index (χ0n) is 16.2. The van der Waals surface area contributed by atoms with Crippen LogP contribution in [0.15, 0.2) is 59.1 Å². The lowest BCUT2D eigenvalue weighted by Gasteiger charge is -2.16. The highest BCUT2D eigenvalue weighted by molar-refractivity contribution is 9.10. The summed E-state index contributed by atoms with van der Waals surface area (Å²) in [4.78, 5) is 16.6. The first-order chi connectivity index (χ1) is 14.3. The number of fused-ring (bicyclic) bond motifs is 1. The van der Waals surface area contributed by atoms with Crippen LogP contribution in [0.4, 0.5) is 0 Å². The summed E-state index contributed by atoms with van der Waals surface area (Å²) < 4.78 is 39.5. The monoisotopic (exact) mass is 494 g/mol. The summed E-state index contributed by atoms with van der Waals surface area (Å²) in [5.41, 5.74) is 2.63. The van der Waals surface area contributed by atoms with Crippen molar-refractivity contribution < 1.29 is 27.0 Å². The lowest BCUT2D eigenvalue weighted by molar-refractivity contribution is -0.133. The van der Waals surface area contributed by atoms with E-state index in [-0.39, 0.29) is 11.5 Å². The summed E-state index contributed by atoms with van der Waals surface area (Å²) in [5, 5.41) is 0.961. The lowest BCUT2D eigenvalue weighted by Crippen LogP contribution is -2.38. The number of benzene rings is 2. The molecule has 1 atom stereocenters. The van der Waals surface area contributed by atoms with Crippen molar-refractivity contribution in [2.75, 3.05) is 5.75 Å². The maximum absolute atomic E-state index is 12.1. The molecule has 8 nitrogen and oxygen atoms in total. The van der Waals surface area contributed by atoms with Crippen molar-refractivity contribution in [2.24, 2.45) is 0 Å². The number of nitrogens with zero attached hydrogens (tertiary/aromatic N) is 1. The van der Waals surface area contributed by atoms with Crippen LogP contribution in [0.2, 0.25) is 0 Å². The molecule has 10 heteroatoms. The number of hydrogen-bond acceptors (Lipinski definition) is 7. The van der Waals surface area contributed by atoms with Crippen LogP contribution in [0, 0.1) is 0 Å². The van der Waals surface area contributed by atoms with Gasteiger partial charge in [-0.15, -0.1) is 4.28 Å². The first-order valence-corrected chi connectivity index (χ1v) is 11.4. The molecule has 1 aromatic heterocycles. The topological polar surface area (TPSA) is 104 Å². The van der Waals surface area contributed by atoms with Crippen molar-refractivity contribution in [3.63, 3.8) is 0 Å². The fourth-order valence-electron chi connectivity index (χ4n) is 2.36. The van der Waals surface area contributed by atoms with Crippen LogP contribution < -0.4 is 15.0 Å². The van der Waals surface area contributed by atoms with E-state index in [1.807, 2.05) is 29.7 Å². The average molecular weight is 495 g/mol. The van der Waals surface area contributed by atoms with E-state index in [4.69, 9.17) is 9.47 Å². The van der Waals surface area contributed by atoms with Crippen LogP contribution in [0.3, 0.4) is 0 Å².